The van der Waals surface area contributed by atoms with Gasteiger partial charge in [0.2, 0.25) is 0 Å². The second kappa shape index (κ2) is 6.78. The third kappa shape index (κ3) is 3.86. The maximum Gasteiger partial charge on any atom is 0.337 e. The molecule has 1 unspecified atom stereocenters. The molecule has 1 aliphatic heterocycles. The van der Waals surface area contributed by atoms with Gasteiger partial charge < -0.3 is 20.9 Å². The summed E-state index contributed by atoms with van der Waals surface area (Å²) in [5.41, 5.74) is 7.76. The van der Waals surface area contributed by atoms with E-state index in [2.05, 4.69) is 17.1 Å². The second-order valence-electron chi connectivity index (χ2n) is 5.33. The molecule has 0 bridgehead atoms. The molecule has 6 nitrogen and oxygen atoms in total. The lowest BCUT2D eigenvalue weighted by molar-refractivity contribution is -0.0191. The fourth-order valence-corrected chi connectivity index (χ4v) is 2.50. The Bertz CT molecular complexity index is 519. The molecule has 2 rings (SSSR count). The highest BCUT2D eigenvalue weighted by Gasteiger charge is 2.19. The van der Waals surface area contributed by atoms with E-state index >= 15 is 0 Å². The highest BCUT2D eigenvalue weighted by molar-refractivity contribution is 5.95. The summed E-state index contributed by atoms with van der Waals surface area (Å²) in [7, 11) is 0. The number of hydrogen-bond donors (Lipinski definition) is 3. The number of rotatable bonds is 5. The predicted octanol–water partition coefficient (Wildman–Crippen LogP) is 1.41. The third-order valence-electron chi connectivity index (χ3n) is 3.82. The summed E-state index contributed by atoms with van der Waals surface area (Å²) >= 11 is 0. The predicted molar refractivity (Wildman–Crippen MR) is 82.9 cm³/mol. The average Bonchev–Trinajstić information content (AvgIpc) is 2.48. The van der Waals surface area contributed by atoms with Crippen molar-refractivity contribution in [3.63, 3.8) is 0 Å². The van der Waals surface area contributed by atoms with Crippen LogP contribution in [-0.4, -0.2) is 54.9 Å². The van der Waals surface area contributed by atoms with Crippen molar-refractivity contribution in [1.82, 2.24) is 4.90 Å². The van der Waals surface area contributed by atoms with Crippen LogP contribution in [0, 0.1) is 6.92 Å². The fourth-order valence-electron chi connectivity index (χ4n) is 2.50. The van der Waals surface area contributed by atoms with Crippen LogP contribution in [0.15, 0.2) is 12.1 Å². The largest absolute Gasteiger partial charge is 0.478 e. The maximum absolute atomic E-state index is 11.2. The zero-order chi connectivity index (χ0) is 15.4. The monoisotopic (exact) mass is 293 g/mol. The molecule has 0 aromatic heterocycles. The third-order valence-corrected chi connectivity index (χ3v) is 3.82. The van der Waals surface area contributed by atoms with E-state index in [1.54, 1.807) is 6.07 Å². The van der Waals surface area contributed by atoms with E-state index in [9.17, 15) is 4.79 Å². The first-order valence-electron chi connectivity index (χ1n) is 7.22. The summed E-state index contributed by atoms with van der Waals surface area (Å²) < 4.78 is 5.72. The molecule has 116 valence electrons. The zero-order valence-corrected chi connectivity index (χ0v) is 12.6. The molecule has 4 N–H and O–H groups in total. The molecule has 6 heteroatoms. The van der Waals surface area contributed by atoms with Crippen molar-refractivity contribution >= 4 is 17.3 Å². The smallest absolute Gasteiger partial charge is 0.337 e. The summed E-state index contributed by atoms with van der Waals surface area (Å²) in [5.74, 6) is -1.01. The molecule has 21 heavy (non-hydrogen) atoms. The molecule has 1 aromatic carbocycles. The van der Waals surface area contributed by atoms with E-state index in [4.69, 9.17) is 15.6 Å². The number of ether oxygens (including phenoxy) is 1. The topological polar surface area (TPSA) is 87.8 Å². The maximum atomic E-state index is 11.2. The molecule has 1 fully saturated rings. The first kappa shape index (κ1) is 15.6. The Balaban J connectivity index is 2.01. The Labute approximate surface area is 124 Å². The average molecular weight is 293 g/mol. The van der Waals surface area contributed by atoms with Gasteiger partial charge in [0.05, 0.1) is 18.3 Å². The number of anilines is 2. The molecule has 1 saturated heterocycles. The van der Waals surface area contributed by atoms with Crippen LogP contribution < -0.4 is 11.1 Å². The molecule has 0 aliphatic carbocycles. The number of carboxylic acids is 1. The standard InChI is InChI=1S/C15H23N3O3/c1-3-18-4-5-21-12(9-18)8-17-11-6-10(2)14(16)13(7-11)15(19)20/h6-7,12,17H,3-5,8-9,16H2,1-2H3,(H,19,20). The normalized spacial score (nSPS) is 19.4. The minimum absolute atomic E-state index is 0.116. The van der Waals surface area contributed by atoms with Crippen LogP contribution >= 0.6 is 0 Å². The highest BCUT2D eigenvalue weighted by atomic mass is 16.5. The Morgan fingerprint density at radius 3 is 3.00 bits per heavy atom. The van der Waals surface area contributed by atoms with Crippen molar-refractivity contribution in [2.24, 2.45) is 0 Å². The van der Waals surface area contributed by atoms with Gasteiger partial charge in [0, 0.05) is 31.0 Å². The van der Waals surface area contributed by atoms with E-state index in [0.29, 0.717) is 12.2 Å². The molecule has 1 atom stereocenters. The van der Waals surface area contributed by atoms with Gasteiger partial charge in [-0.05, 0) is 31.2 Å². The Kier molecular flexibility index (Phi) is 5.03. The Hall–Kier alpha value is -1.79. The van der Waals surface area contributed by atoms with Crippen molar-refractivity contribution in [3.8, 4) is 0 Å². The van der Waals surface area contributed by atoms with Crippen molar-refractivity contribution in [2.75, 3.05) is 43.8 Å². The number of morpholine rings is 1. The van der Waals surface area contributed by atoms with Gasteiger partial charge in [0.15, 0.2) is 0 Å². The number of hydrogen-bond acceptors (Lipinski definition) is 5. The summed E-state index contributed by atoms with van der Waals surface area (Å²) in [6.07, 6.45) is 0.116. The number of carbonyl (C=O) groups is 1. The van der Waals surface area contributed by atoms with Gasteiger partial charge in [-0.1, -0.05) is 6.92 Å². The number of nitrogens with zero attached hydrogens (tertiary/aromatic N) is 1. The van der Waals surface area contributed by atoms with Crippen LogP contribution in [0.2, 0.25) is 0 Å². The highest BCUT2D eigenvalue weighted by Crippen LogP contribution is 2.23. The van der Waals surface area contributed by atoms with Crippen LogP contribution in [0.25, 0.3) is 0 Å². The van der Waals surface area contributed by atoms with Gasteiger partial charge in [-0.25, -0.2) is 4.79 Å². The van der Waals surface area contributed by atoms with E-state index < -0.39 is 5.97 Å². The Morgan fingerprint density at radius 2 is 2.33 bits per heavy atom. The summed E-state index contributed by atoms with van der Waals surface area (Å²) in [5, 5.41) is 12.4. The van der Waals surface area contributed by atoms with Gasteiger partial charge in [-0.2, -0.15) is 0 Å². The molecular formula is C15H23N3O3. The first-order chi connectivity index (χ1) is 10.0. The van der Waals surface area contributed by atoms with Crippen LogP contribution in [0.3, 0.4) is 0 Å². The molecule has 0 radical (unpaired) electrons. The number of nitrogen functional groups attached to an aromatic ring is 1. The van der Waals surface area contributed by atoms with E-state index in [0.717, 1.165) is 37.5 Å². The lowest BCUT2D eigenvalue weighted by Crippen LogP contribution is -2.45. The molecule has 0 spiro atoms. The van der Waals surface area contributed by atoms with Gasteiger partial charge >= 0.3 is 5.97 Å². The number of aryl methyl sites for hydroxylation is 1. The van der Waals surface area contributed by atoms with Crippen molar-refractivity contribution in [2.45, 2.75) is 20.0 Å². The first-order valence-corrected chi connectivity index (χ1v) is 7.22. The quantitative estimate of drug-likeness (QED) is 0.711. The van der Waals surface area contributed by atoms with Gasteiger partial charge in [0.25, 0.3) is 0 Å². The number of nitrogens with one attached hydrogen (secondary N) is 1. The minimum Gasteiger partial charge on any atom is -0.478 e. The zero-order valence-electron chi connectivity index (χ0n) is 12.6. The van der Waals surface area contributed by atoms with Crippen molar-refractivity contribution in [1.29, 1.82) is 0 Å². The van der Waals surface area contributed by atoms with Crippen LogP contribution in [0.1, 0.15) is 22.8 Å². The molecule has 1 aliphatic rings. The minimum atomic E-state index is -1.01. The Morgan fingerprint density at radius 1 is 1.57 bits per heavy atom. The molecular weight excluding hydrogens is 270 g/mol. The van der Waals surface area contributed by atoms with Gasteiger partial charge in [-0.3, -0.25) is 4.90 Å². The summed E-state index contributed by atoms with van der Waals surface area (Å²) in [6, 6.07) is 3.44. The fraction of sp³-hybridized carbons (Fsp3) is 0.533. The second-order valence-corrected chi connectivity index (χ2v) is 5.33. The lowest BCUT2D eigenvalue weighted by atomic mass is 10.1. The molecule has 1 heterocycles. The molecule has 0 amide bonds. The summed E-state index contributed by atoms with van der Waals surface area (Å²) in [6.45, 7) is 8.21. The van der Waals surface area contributed by atoms with Gasteiger partial charge in [0.1, 0.15) is 0 Å². The number of likely N-dealkylation sites (N-methyl/N-ethyl adjacent to an activating group) is 1. The van der Waals surface area contributed by atoms with Crippen LogP contribution in [0.5, 0.6) is 0 Å². The number of carboxylic acid groups (broad SMARTS) is 1. The number of benzene rings is 1. The van der Waals surface area contributed by atoms with E-state index in [1.807, 2.05) is 13.0 Å². The van der Waals surface area contributed by atoms with E-state index in [-0.39, 0.29) is 11.7 Å². The SMILES string of the molecule is CCN1CCOC(CNc2cc(C)c(N)c(C(=O)O)c2)C1. The van der Waals surface area contributed by atoms with Gasteiger partial charge in [-0.15, -0.1) is 0 Å². The van der Waals surface area contributed by atoms with Crippen molar-refractivity contribution in [3.05, 3.63) is 23.3 Å². The van der Waals surface area contributed by atoms with E-state index in [1.165, 1.54) is 0 Å². The lowest BCUT2D eigenvalue weighted by Gasteiger charge is -2.32. The van der Waals surface area contributed by atoms with Crippen LogP contribution in [0.4, 0.5) is 11.4 Å². The van der Waals surface area contributed by atoms with Crippen molar-refractivity contribution < 1.29 is 14.6 Å². The molecule has 0 saturated carbocycles. The van der Waals surface area contributed by atoms with Crippen LogP contribution in [-0.2, 0) is 4.74 Å². The molecule has 1 aromatic rings. The summed E-state index contributed by atoms with van der Waals surface area (Å²) in [4.78, 5) is 13.5. The number of aromatic carboxylic acids is 1. The number of nitrogens with two attached hydrogens (primary N) is 1.